The van der Waals surface area contributed by atoms with Gasteiger partial charge in [-0.3, -0.25) is 0 Å². The van der Waals surface area contributed by atoms with Crippen molar-refractivity contribution in [2.24, 2.45) is 0 Å². The van der Waals surface area contributed by atoms with Gasteiger partial charge < -0.3 is 4.90 Å². The maximum atomic E-state index is 12.7. The highest BCUT2D eigenvalue weighted by atomic mass is 32.2. The smallest absolute Gasteiger partial charge is 0.214 e. The third-order valence-corrected chi connectivity index (χ3v) is 6.95. The molecule has 0 saturated carbocycles. The second-order valence-electron chi connectivity index (χ2n) is 7.19. The molecular formula is C21H28N2O2S. The summed E-state index contributed by atoms with van der Waals surface area (Å²) in [6.07, 6.45) is 0.569. The largest absolute Gasteiger partial charge is 0.368 e. The highest BCUT2D eigenvalue weighted by Gasteiger charge is 2.27. The van der Waals surface area contributed by atoms with Gasteiger partial charge in [0.25, 0.3) is 0 Å². The van der Waals surface area contributed by atoms with Crippen LogP contribution in [-0.4, -0.2) is 44.7 Å². The van der Waals surface area contributed by atoms with Gasteiger partial charge in [0.2, 0.25) is 10.0 Å². The predicted octanol–water partition coefficient (Wildman–Crippen LogP) is 3.31. The summed E-state index contributed by atoms with van der Waals surface area (Å²) in [7, 11) is -3.21. The lowest BCUT2D eigenvalue weighted by molar-refractivity contribution is 0.384. The van der Waals surface area contributed by atoms with E-state index in [0.29, 0.717) is 19.5 Å². The van der Waals surface area contributed by atoms with Crippen LogP contribution in [0.1, 0.15) is 22.3 Å². The number of hydrogen-bond acceptors (Lipinski definition) is 3. The van der Waals surface area contributed by atoms with E-state index in [2.05, 4.69) is 37.8 Å². The van der Waals surface area contributed by atoms with Crippen LogP contribution in [0, 0.1) is 20.8 Å². The number of aryl methyl sites for hydroxylation is 4. The second-order valence-corrected chi connectivity index (χ2v) is 9.27. The summed E-state index contributed by atoms with van der Waals surface area (Å²) >= 11 is 0. The van der Waals surface area contributed by atoms with Crippen molar-refractivity contribution in [3.8, 4) is 0 Å². The van der Waals surface area contributed by atoms with Crippen molar-refractivity contribution in [1.29, 1.82) is 0 Å². The summed E-state index contributed by atoms with van der Waals surface area (Å²) in [5, 5.41) is 0. The first-order valence-electron chi connectivity index (χ1n) is 9.21. The Hall–Kier alpha value is -1.85. The lowest BCUT2D eigenvalue weighted by Gasteiger charge is -2.37. The van der Waals surface area contributed by atoms with Gasteiger partial charge in [-0.2, -0.15) is 4.31 Å². The molecular weight excluding hydrogens is 344 g/mol. The van der Waals surface area contributed by atoms with E-state index in [0.717, 1.165) is 18.7 Å². The first-order chi connectivity index (χ1) is 12.4. The predicted molar refractivity (Wildman–Crippen MR) is 108 cm³/mol. The fraction of sp³-hybridized carbons (Fsp3) is 0.429. The van der Waals surface area contributed by atoms with Crippen LogP contribution in [0.2, 0.25) is 0 Å². The highest BCUT2D eigenvalue weighted by Crippen LogP contribution is 2.27. The molecule has 0 bridgehead atoms. The minimum Gasteiger partial charge on any atom is -0.368 e. The Morgan fingerprint density at radius 3 is 2.04 bits per heavy atom. The molecule has 0 radical (unpaired) electrons. The van der Waals surface area contributed by atoms with Gasteiger partial charge in [0.1, 0.15) is 0 Å². The average Bonchev–Trinajstić information content (AvgIpc) is 2.61. The van der Waals surface area contributed by atoms with Crippen molar-refractivity contribution < 1.29 is 8.42 Å². The molecule has 26 heavy (non-hydrogen) atoms. The van der Waals surface area contributed by atoms with Gasteiger partial charge in [0.15, 0.2) is 0 Å². The zero-order chi connectivity index (χ0) is 18.7. The lowest BCUT2D eigenvalue weighted by Crippen LogP contribution is -2.49. The minimum absolute atomic E-state index is 0.180. The molecule has 0 unspecified atom stereocenters. The Balaban J connectivity index is 1.63. The van der Waals surface area contributed by atoms with Crippen LogP contribution >= 0.6 is 0 Å². The molecule has 1 aliphatic rings. The van der Waals surface area contributed by atoms with E-state index >= 15 is 0 Å². The van der Waals surface area contributed by atoms with Gasteiger partial charge in [-0.25, -0.2) is 8.42 Å². The molecule has 2 aromatic rings. The summed E-state index contributed by atoms with van der Waals surface area (Å²) < 4.78 is 27.0. The molecule has 0 aliphatic carbocycles. The van der Waals surface area contributed by atoms with Crippen LogP contribution in [0.5, 0.6) is 0 Å². The van der Waals surface area contributed by atoms with E-state index in [1.807, 2.05) is 30.3 Å². The van der Waals surface area contributed by atoms with Gasteiger partial charge in [-0.05, 0) is 43.9 Å². The average molecular weight is 373 g/mol. The topological polar surface area (TPSA) is 40.6 Å². The van der Waals surface area contributed by atoms with Crippen molar-refractivity contribution in [3.05, 3.63) is 64.7 Å². The molecule has 1 fully saturated rings. The molecule has 0 spiro atoms. The molecule has 1 heterocycles. The van der Waals surface area contributed by atoms with Crippen LogP contribution < -0.4 is 4.90 Å². The van der Waals surface area contributed by atoms with E-state index < -0.39 is 10.0 Å². The zero-order valence-electron chi connectivity index (χ0n) is 15.9. The van der Waals surface area contributed by atoms with E-state index in [1.165, 1.54) is 22.4 Å². The standard InChI is InChI=1S/C21H28N2O2S/c1-17-15-18(2)21(19(3)16-17)22-10-12-23(13-11-22)26(24,25)14-9-20-7-5-4-6-8-20/h4-8,15-16H,9-14H2,1-3H3. The van der Waals surface area contributed by atoms with Crippen molar-refractivity contribution in [2.45, 2.75) is 27.2 Å². The number of rotatable bonds is 5. The quantitative estimate of drug-likeness (QED) is 0.808. The van der Waals surface area contributed by atoms with Gasteiger partial charge in [-0.1, -0.05) is 48.0 Å². The number of nitrogens with zero attached hydrogens (tertiary/aromatic N) is 2. The Kier molecular flexibility index (Phi) is 5.68. The first-order valence-corrected chi connectivity index (χ1v) is 10.8. The SMILES string of the molecule is Cc1cc(C)c(N2CCN(S(=O)(=O)CCc3ccccc3)CC2)c(C)c1. The lowest BCUT2D eigenvalue weighted by atomic mass is 10.0. The second kappa shape index (κ2) is 7.80. The fourth-order valence-electron chi connectivity index (χ4n) is 3.88. The van der Waals surface area contributed by atoms with Crippen LogP contribution in [0.4, 0.5) is 5.69 Å². The number of piperazine rings is 1. The number of hydrogen-bond donors (Lipinski definition) is 0. The summed E-state index contributed by atoms with van der Waals surface area (Å²) in [5.74, 6) is 0.180. The van der Waals surface area contributed by atoms with E-state index in [-0.39, 0.29) is 5.75 Å². The summed E-state index contributed by atoms with van der Waals surface area (Å²) in [6, 6.07) is 14.2. The van der Waals surface area contributed by atoms with E-state index in [4.69, 9.17) is 0 Å². The van der Waals surface area contributed by atoms with Crippen LogP contribution in [-0.2, 0) is 16.4 Å². The fourth-order valence-corrected chi connectivity index (χ4v) is 5.35. The van der Waals surface area contributed by atoms with Crippen molar-refractivity contribution in [2.75, 3.05) is 36.8 Å². The molecule has 1 aliphatic heterocycles. The van der Waals surface area contributed by atoms with Crippen molar-refractivity contribution >= 4 is 15.7 Å². The molecule has 5 heteroatoms. The van der Waals surface area contributed by atoms with E-state index in [1.54, 1.807) is 4.31 Å². The summed E-state index contributed by atoms with van der Waals surface area (Å²) in [5.41, 5.74) is 6.13. The Labute approximate surface area is 157 Å². The molecule has 0 amide bonds. The third-order valence-electron chi connectivity index (χ3n) is 5.08. The molecule has 2 aromatic carbocycles. The van der Waals surface area contributed by atoms with Crippen LogP contribution in [0.15, 0.2) is 42.5 Å². The molecule has 0 atom stereocenters. The van der Waals surface area contributed by atoms with Gasteiger partial charge in [-0.15, -0.1) is 0 Å². The molecule has 4 nitrogen and oxygen atoms in total. The normalized spacial score (nSPS) is 16.0. The number of sulfonamides is 1. The maximum Gasteiger partial charge on any atom is 0.214 e. The summed E-state index contributed by atoms with van der Waals surface area (Å²) in [6.45, 7) is 9.00. The number of anilines is 1. The molecule has 0 N–H and O–H groups in total. The van der Waals surface area contributed by atoms with Crippen LogP contribution in [0.25, 0.3) is 0 Å². The Morgan fingerprint density at radius 2 is 1.46 bits per heavy atom. The first kappa shape index (κ1) is 18.9. The van der Waals surface area contributed by atoms with Crippen LogP contribution in [0.3, 0.4) is 0 Å². The zero-order valence-corrected chi connectivity index (χ0v) is 16.7. The maximum absolute atomic E-state index is 12.7. The van der Waals surface area contributed by atoms with Crippen molar-refractivity contribution in [3.63, 3.8) is 0 Å². The molecule has 140 valence electrons. The molecule has 1 saturated heterocycles. The van der Waals surface area contributed by atoms with Crippen molar-refractivity contribution in [1.82, 2.24) is 4.31 Å². The third kappa shape index (κ3) is 4.27. The highest BCUT2D eigenvalue weighted by molar-refractivity contribution is 7.89. The number of benzene rings is 2. The van der Waals surface area contributed by atoms with E-state index in [9.17, 15) is 8.42 Å². The van der Waals surface area contributed by atoms with Gasteiger partial charge >= 0.3 is 0 Å². The minimum atomic E-state index is -3.21. The summed E-state index contributed by atoms with van der Waals surface area (Å²) in [4.78, 5) is 2.33. The molecule has 3 rings (SSSR count). The Bertz CT molecular complexity index is 832. The monoisotopic (exact) mass is 372 g/mol. The molecule has 0 aromatic heterocycles. The van der Waals surface area contributed by atoms with Gasteiger partial charge in [0.05, 0.1) is 5.75 Å². The van der Waals surface area contributed by atoms with Gasteiger partial charge in [0, 0.05) is 31.9 Å². The Morgan fingerprint density at radius 1 is 0.885 bits per heavy atom.